The van der Waals surface area contributed by atoms with Crippen molar-refractivity contribution in [2.24, 2.45) is 5.92 Å². The number of nitrogens with zero attached hydrogens (tertiary/aromatic N) is 2. The molecule has 0 fully saturated rings. The molecule has 1 aromatic heterocycles. The number of urea groups is 1. The summed E-state index contributed by atoms with van der Waals surface area (Å²) in [6.07, 6.45) is 5.32. The van der Waals surface area contributed by atoms with Crippen LogP contribution < -0.4 is 5.48 Å². The molecule has 114 valence electrons. The first-order valence-electron chi connectivity index (χ1n) is 6.69. The molecule has 2 amide bonds. The van der Waals surface area contributed by atoms with E-state index in [0.29, 0.717) is 6.54 Å². The smallest absolute Gasteiger partial charge is 0.341 e. The number of carbonyl (C=O) groups is 1. The summed E-state index contributed by atoms with van der Waals surface area (Å²) in [6.45, 7) is 6.12. The van der Waals surface area contributed by atoms with E-state index in [1.165, 1.54) is 11.3 Å². The molecule has 0 spiro atoms. The fourth-order valence-corrected chi connectivity index (χ4v) is 3.01. The van der Waals surface area contributed by atoms with Gasteiger partial charge in [0.1, 0.15) is 5.01 Å². The molecule has 0 saturated carbocycles. The first kappa shape index (κ1) is 15.7. The Morgan fingerprint density at radius 1 is 1.76 bits per heavy atom. The fourth-order valence-electron chi connectivity index (χ4n) is 2.30. The highest BCUT2D eigenvalue weighted by atomic mass is 32.1. The van der Waals surface area contributed by atoms with E-state index in [1.807, 2.05) is 12.3 Å². The third kappa shape index (κ3) is 3.69. The molecule has 0 aliphatic carbocycles. The lowest BCUT2D eigenvalue weighted by molar-refractivity contribution is 0.0543. The molecule has 0 aromatic carbocycles. The van der Waals surface area contributed by atoms with Gasteiger partial charge in [-0.25, -0.2) is 15.3 Å². The first-order chi connectivity index (χ1) is 10.2. The van der Waals surface area contributed by atoms with E-state index >= 15 is 0 Å². The maximum Gasteiger partial charge on any atom is 0.341 e. The van der Waals surface area contributed by atoms with Crippen LogP contribution in [0.15, 0.2) is 30.3 Å². The predicted octanol–water partition coefficient (Wildman–Crippen LogP) is 1.67. The summed E-state index contributed by atoms with van der Waals surface area (Å²) in [5.74, 6) is 0.178. The molecular formula is C14H19N3O3S. The SMILES string of the molecule is C=CCONC(=O)N1C[C@@H](C)C=C(c2nccs2)[C@H]1CO. The molecule has 2 heterocycles. The van der Waals surface area contributed by atoms with Crippen LogP contribution in [0.25, 0.3) is 5.57 Å². The van der Waals surface area contributed by atoms with Crippen LogP contribution in [0.5, 0.6) is 0 Å². The Bertz CT molecular complexity index is 516. The van der Waals surface area contributed by atoms with E-state index in [2.05, 4.69) is 23.1 Å². The molecule has 0 bridgehead atoms. The number of nitrogens with one attached hydrogen (secondary N) is 1. The highest BCUT2D eigenvalue weighted by molar-refractivity contribution is 7.10. The van der Waals surface area contributed by atoms with Crippen molar-refractivity contribution in [2.45, 2.75) is 13.0 Å². The number of carbonyl (C=O) groups excluding carboxylic acids is 1. The number of aliphatic hydroxyl groups excluding tert-OH is 1. The number of hydroxylamine groups is 1. The van der Waals surface area contributed by atoms with E-state index in [9.17, 15) is 9.90 Å². The van der Waals surface area contributed by atoms with Gasteiger partial charge in [-0.2, -0.15) is 0 Å². The Balaban J connectivity index is 2.17. The molecule has 0 saturated heterocycles. The van der Waals surface area contributed by atoms with Crippen molar-refractivity contribution < 1.29 is 14.7 Å². The van der Waals surface area contributed by atoms with Crippen molar-refractivity contribution in [3.63, 3.8) is 0 Å². The molecule has 2 N–H and O–H groups in total. The molecule has 1 aromatic rings. The van der Waals surface area contributed by atoms with Crippen molar-refractivity contribution in [1.29, 1.82) is 0 Å². The predicted molar refractivity (Wildman–Crippen MR) is 81.5 cm³/mol. The number of aromatic nitrogens is 1. The van der Waals surface area contributed by atoms with E-state index in [-0.39, 0.29) is 25.2 Å². The monoisotopic (exact) mass is 309 g/mol. The van der Waals surface area contributed by atoms with Gasteiger partial charge in [-0.3, -0.25) is 4.84 Å². The van der Waals surface area contributed by atoms with Gasteiger partial charge >= 0.3 is 6.03 Å². The summed E-state index contributed by atoms with van der Waals surface area (Å²) in [5, 5.41) is 12.4. The summed E-state index contributed by atoms with van der Waals surface area (Å²) in [6, 6.07) is -0.787. The minimum absolute atomic E-state index is 0.160. The summed E-state index contributed by atoms with van der Waals surface area (Å²) in [7, 11) is 0. The normalized spacial score (nSPS) is 21.8. The Labute approximate surface area is 127 Å². The van der Waals surface area contributed by atoms with Gasteiger partial charge in [-0.1, -0.05) is 19.1 Å². The molecule has 0 radical (unpaired) electrons. The second-order valence-electron chi connectivity index (χ2n) is 4.79. The van der Waals surface area contributed by atoms with E-state index in [4.69, 9.17) is 4.84 Å². The van der Waals surface area contributed by atoms with Crippen molar-refractivity contribution in [1.82, 2.24) is 15.4 Å². The van der Waals surface area contributed by atoms with Crippen molar-refractivity contribution in [2.75, 3.05) is 19.8 Å². The van der Waals surface area contributed by atoms with E-state index in [0.717, 1.165) is 10.6 Å². The highest BCUT2D eigenvalue weighted by Crippen LogP contribution is 2.30. The van der Waals surface area contributed by atoms with Crippen LogP contribution in [-0.4, -0.2) is 46.8 Å². The second-order valence-corrected chi connectivity index (χ2v) is 5.69. The zero-order valence-electron chi connectivity index (χ0n) is 11.9. The Kier molecular flexibility index (Phi) is 5.49. The molecular weight excluding hydrogens is 290 g/mol. The lowest BCUT2D eigenvalue weighted by Gasteiger charge is -2.37. The molecule has 2 rings (SSSR count). The molecule has 7 heteroatoms. The number of hydrogen-bond acceptors (Lipinski definition) is 5. The van der Waals surface area contributed by atoms with Crippen LogP contribution in [0, 0.1) is 5.92 Å². The number of rotatable bonds is 5. The minimum atomic E-state index is -0.417. The van der Waals surface area contributed by atoms with Crippen molar-refractivity contribution in [3.8, 4) is 0 Å². The third-order valence-corrected chi connectivity index (χ3v) is 3.98. The first-order valence-corrected chi connectivity index (χ1v) is 7.57. The number of amides is 2. The summed E-state index contributed by atoms with van der Waals surface area (Å²) in [4.78, 5) is 23.0. The van der Waals surface area contributed by atoms with E-state index < -0.39 is 6.04 Å². The summed E-state index contributed by atoms with van der Waals surface area (Å²) < 4.78 is 0. The zero-order chi connectivity index (χ0) is 15.2. The topological polar surface area (TPSA) is 74.7 Å². The minimum Gasteiger partial charge on any atom is -0.394 e. The maximum atomic E-state index is 12.2. The summed E-state index contributed by atoms with van der Waals surface area (Å²) >= 11 is 1.49. The highest BCUT2D eigenvalue weighted by Gasteiger charge is 2.33. The van der Waals surface area contributed by atoms with Gasteiger partial charge in [0.2, 0.25) is 0 Å². The standard InChI is InChI=1S/C14H19N3O3S/c1-3-5-20-16-14(19)17-8-10(2)7-11(12(17)9-18)13-15-4-6-21-13/h3-4,6-7,10,12,18H,1,5,8-9H2,2H3,(H,16,19)/t10-,12+/m0/s1. The van der Waals surface area contributed by atoms with Gasteiger partial charge < -0.3 is 10.0 Å². The third-order valence-electron chi connectivity index (χ3n) is 3.16. The number of hydrogen-bond donors (Lipinski definition) is 2. The molecule has 1 aliphatic heterocycles. The molecule has 1 aliphatic rings. The van der Waals surface area contributed by atoms with Gasteiger partial charge in [0.15, 0.2) is 0 Å². The molecule has 2 atom stereocenters. The lowest BCUT2D eigenvalue weighted by atomic mass is 9.95. The van der Waals surface area contributed by atoms with Crippen LogP contribution in [0.3, 0.4) is 0 Å². The van der Waals surface area contributed by atoms with Crippen LogP contribution in [0.1, 0.15) is 11.9 Å². The van der Waals surface area contributed by atoms with Gasteiger partial charge in [0.25, 0.3) is 0 Å². The number of thiazole rings is 1. The molecule has 21 heavy (non-hydrogen) atoms. The average molecular weight is 309 g/mol. The van der Waals surface area contributed by atoms with Gasteiger partial charge in [0.05, 0.1) is 19.3 Å². The largest absolute Gasteiger partial charge is 0.394 e. The Hall–Kier alpha value is -1.70. The molecule has 6 nitrogen and oxygen atoms in total. The average Bonchev–Trinajstić information content (AvgIpc) is 3.00. The van der Waals surface area contributed by atoms with Crippen molar-refractivity contribution in [3.05, 3.63) is 35.3 Å². The molecule has 0 unspecified atom stereocenters. The van der Waals surface area contributed by atoms with Gasteiger partial charge in [-0.05, 0) is 5.92 Å². The second kappa shape index (κ2) is 7.35. The Morgan fingerprint density at radius 2 is 2.57 bits per heavy atom. The van der Waals surface area contributed by atoms with Crippen LogP contribution >= 0.6 is 11.3 Å². The van der Waals surface area contributed by atoms with E-state index in [1.54, 1.807) is 17.2 Å². The zero-order valence-corrected chi connectivity index (χ0v) is 12.7. The van der Waals surface area contributed by atoms with Gasteiger partial charge in [0, 0.05) is 23.7 Å². The van der Waals surface area contributed by atoms with Crippen LogP contribution in [-0.2, 0) is 4.84 Å². The maximum absolute atomic E-state index is 12.2. The lowest BCUT2D eigenvalue weighted by Crippen LogP contribution is -2.51. The van der Waals surface area contributed by atoms with Crippen molar-refractivity contribution >= 4 is 22.9 Å². The van der Waals surface area contributed by atoms with Gasteiger partial charge in [-0.15, -0.1) is 17.9 Å². The van der Waals surface area contributed by atoms with Crippen LogP contribution in [0.4, 0.5) is 4.79 Å². The summed E-state index contributed by atoms with van der Waals surface area (Å²) in [5.41, 5.74) is 3.24. The number of aliphatic hydroxyl groups is 1. The Morgan fingerprint density at radius 3 is 3.19 bits per heavy atom. The van der Waals surface area contributed by atoms with Crippen LogP contribution in [0.2, 0.25) is 0 Å². The fraction of sp³-hybridized carbons (Fsp3) is 0.429. The quantitative estimate of drug-likeness (QED) is 0.493.